The fraction of sp³-hybridized carbons (Fsp3) is 0.200. The van der Waals surface area contributed by atoms with Crippen molar-refractivity contribution in [2.45, 2.75) is 0 Å². The Bertz CT molecular complexity index is 62.5. The van der Waals surface area contributed by atoms with Gasteiger partial charge in [-0.15, -0.1) is 6.58 Å². The summed E-state index contributed by atoms with van der Waals surface area (Å²) >= 11 is 0. The lowest BCUT2D eigenvalue weighted by atomic mass is 10.7. The van der Waals surface area contributed by atoms with Gasteiger partial charge in [0.25, 0.3) is 0 Å². The van der Waals surface area contributed by atoms with Crippen molar-refractivity contribution in [3.05, 3.63) is 19.2 Å². The summed E-state index contributed by atoms with van der Waals surface area (Å²) in [5.74, 6) is 1.25. The zero-order valence-corrected chi connectivity index (χ0v) is 4.18. The Labute approximate surface area is 43.3 Å². The molecule has 0 aliphatic carbocycles. The lowest BCUT2D eigenvalue weighted by Crippen LogP contribution is -1.90. The van der Waals surface area contributed by atoms with Crippen LogP contribution >= 0.6 is 0 Å². The molecule has 0 radical (unpaired) electrons. The van der Waals surface area contributed by atoms with E-state index in [1.54, 1.807) is 6.08 Å². The third-order valence-corrected chi connectivity index (χ3v) is 0.167. The molecule has 0 saturated carbocycles. The molecule has 0 aliphatic heterocycles. The third kappa shape index (κ3) is 2270. The van der Waals surface area contributed by atoms with Crippen molar-refractivity contribution in [1.82, 2.24) is 0 Å². The largest absolute Gasteiger partial charge is 0.327 e. The highest BCUT2D eigenvalue weighted by Gasteiger charge is 1.43. The highest BCUT2D eigenvalue weighted by Crippen LogP contribution is 1.40. The Kier molecular flexibility index (Phi) is 26.0. The maximum Gasteiger partial charge on any atom is 0.116 e. The zero-order valence-electron chi connectivity index (χ0n) is 4.18. The van der Waals surface area contributed by atoms with Crippen molar-refractivity contribution in [3.8, 4) is 0 Å². The summed E-state index contributed by atoms with van der Waals surface area (Å²) in [5.41, 5.74) is 4.91. The summed E-state index contributed by atoms with van der Waals surface area (Å²) in [6.45, 7) is 6.62. The predicted molar refractivity (Wildman–Crippen MR) is 30.6 cm³/mol. The van der Waals surface area contributed by atoms with Gasteiger partial charge >= 0.3 is 0 Å². The van der Waals surface area contributed by atoms with E-state index in [9.17, 15) is 0 Å². The first kappa shape index (κ1) is 9.47. The maximum atomic E-state index is 8.57. The number of hydrogen-bond donors (Lipinski definition) is 1. The molecular formula is C5H9NO. The maximum absolute atomic E-state index is 8.57. The SMILES string of the molecule is C=C=O.C=CCN. The molecule has 0 bridgehead atoms. The lowest BCUT2D eigenvalue weighted by molar-refractivity contribution is 0.569. The van der Waals surface area contributed by atoms with Gasteiger partial charge in [-0.1, -0.05) is 6.08 Å². The van der Waals surface area contributed by atoms with E-state index in [0.717, 1.165) is 0 Å². The van der Waals surface area contributed by atoms with Crippen molar-refractivity contribution in [3.63, 3.8) is 0 Å². The second-order valence-electron chi connectivity index (χ2n) is 0.669. The number of hydrogen-bond acceptors (Lipinski definition) is 2. The van der Waals surface area contributed by atoms with E-state index in [2.05, 4.69) is 13.2 Å². The summed E-state index contributed by atoms with van der Waals surface area (Å²) < 4.78 is 0. The molecule has 0 aromatic rings. The van der Waals surface area contributed by atoms with E-state index in [1.807, 2.05) is 0 Å². The number of rotatable bonds is 1. The van der Waals surface area contributed by atoms with Crippen molar-refractivity contribution in [1.29, 1.82) is 0 Å². The van der Waals surface area contributed by atoms with Crippen molar-refractivity contribution >= 4 is 5.94 Å². The van der Waals surface area contributed by atoms with Gasteiger partial charge in [-0.25, -0.2) is 4.79 Å². The van der Waals surface area contributed by atoms with Crippen LogP contribution in [0, 0.1) is 0 Å². The van der Waals surface area contributed by atoms with Crippen LogP contribution in [0.2, 0.25) is 0 Å². The Hall–Kier alpha value is -0.850. The van der Waals surface area contributed by atoms with Gasteiger partial charge in [0.1, 0.15) is 5.94 Å². The van der Waals surface area contributed by atoms with E-state index in [1.165, 1.54) is 5.94 Å². The van der Waals surface area contributed by atoms with Crippen LogP contribution in [-0.2, 0) is 4.79 Å². The van der Waals surface area contributed by atoms with Gasteiger partial charge in [0.2, 0.25) is 0 Å². The van der Waals surface area contributed by atoms with Gasteiger partial charge in [0.15, 0.2) is 0 Å². The molecule has 2 heteroatoms. The molecule has 0 unspecified atom stereocenters. The van der Waals surface area contributed by atoms with Gasteiger partial charge in [-0.2, -0.15) is 0 Å². The van der Waals surface area contributed by atoms with Crippen LogP contribution in [0.5, 0.6) is 0 Å². The highest BCUT2D eigenvalue weighted by molar-refractivity contribution is 5.38. The number of nitrogens with two attached hydrogens (primary N) is 1. The first-order chi connectivity index (χ1) is 3.33. The average Bonchev–Trinajstić information content (AvgIpc) is 1.69. The Morgan fingerprint density at radius 3 is 2.00 bits per heavy atom. The van der Waals surface area contributed by atoms with Crippen LogP contribution in [0.3, 0.4) is 0 Å². The molecule has 0 atom stereocenters. The molecule has 0 heterocycles. The number of carbonyl (C=O) groups excluding carboxylic acids is 1. The zero-order chi connectivity index (χ0) is 6.12. The Morgan fingerprint density at radius 2 is 2.00 bits per heavy atom. The molecule has 0 spiro atoms. The summed E-state index contributed by atoms with van der Waals surface area (Å²) in [4.78, 5) is 8.57. The van der Waals surface area contributed by atoms with Crippen LogP contribution in [0.15, 0.2) is 19.2 Å². The monoisotopic (exact) mass is 99.1 g/mol. The molecule has 2 nitrogen and oxygen atoms in total. The molecular weight excluding hydrogens is 90.1 g/mol. The van der Waals surface area contributed by atoms with Gasteiger partial charge in [0, 0.05) is 6.54 Å². The molecule has 0 amide bonds. The van der Waals surface area contributed by atoms with Gasteiger partial charge in [-0.05, 0) is 6.58 Å². The Morgan fingerprint density at radius 1 is 1.86 bits per heavy atom. The van der Waals surface area contributed by atoms with Crippen molar-refractivity contribution in [2.24, 2.45) is 5.73 Å². The molecule has 0 fully saturated rings. The standard InChI is InChI=1S/C3H7N.C2H2O/c1-2-3-4;1-2-3/h2H,1,3-4H2;1H2. The van der Waals surface area contributed by atoms with E-state index in [-0.39, 0.29) is 0 Å². The first-order valence-electron chi connectivity index (χ1n) is 1.78. The minimum absolute atomic E-state index is 0.583. The minimum atomic E-state index is 0.583. The molecule has 0 aromatic carbocycles. The topological polar surface area (TPSA) is 43.1 Å². The van der Waals surface area contributed by atoms with E-state index in [0.29, 0.717) is 6.54 Å². The van der Waals surface area contributed by atoms with Crippen LogP contribution in [-0.4, -0.2) is 12.5 Å². The highest BCUT2D eigenvalue weighted by atomic mass is 16.1. The molecule has 0 rings (SSSR count). The smallest absolute Gasteiger partial charge is 0.116 e. The van der Waals surface area contributed by atoms with Gasteiger partial charge < -0.3 is 5.73 Å². The van der Waals surface area contributed by atoms with E-state index >= 15 is 0 Å². The normalized spacial score (nSPS) is 4.71. The van der Waals surface area contributed by atoms with Gasteiger partial charge in [-0.3, -0.25) is 0 Å². The van der Waals surface area contributed by atoms with E-state index < -0.39 is 0 Å². The van der Waals surface area contributed by atoms with Crippen LogP contribution in [0.25, 0.3) is 0 Å². The summed E-state index contributed by atoms with van der Waals surface area (Å²) in [6.07, 6.45) is 1.65. The third-order valence-electron chi connectivity index (χ3n) is 0.167. The quantitative estimate of drug-likeness (QED) is 0.375. The molecule has 40 valence electrons. The van der Waals surface area contributed by atoms with Crippen molar-refractivity contribution < 1.29 is 4.79 Å². The van der Waals surface area contributed by atoms with E-state index in [4.69, 9.17) is 10.5 Å². The summed E-state index contributed by atoms with van der Waals surface area (Å²) in [5, 5.41) is 0. The molecule has 0 aliphatic rings. The summed E-state index contributed by atoms with van der Waals surface area (Å²) in [7, 11) is 0. The second-order valence-corrected chi connectivity index (χ2v) is 0.669. The predicted octanol–water partition coefficient (Wildman–Crippen LogP) is 0.135. The fourth-order valence-corrected chi connectivity index (χ4v) is 0. The summed E-state index contributed by atoms with van der Waals surface area (Å²) in [6, 6.07) is 0. The second kappa shape index (κ2) is 19.2. The molecule has 2 N–H and O–H groups in total. The van der Waals surface area contributed by atoms with Crippen LogP contribution in [0.1, 0.15) is 0 Å². The minimum Gasteiger partial charge on any atom is -0.327 e. The van der Waals surface area contributed by atoms with Gasteiger partial charge in [0.05, 0.1) is 0 Å². The van der Waals surface area contributed by atoms with Crippen LogP contribution in [0.4, 0.5) is 0 Å². The Balaban J connectivity index is 0. The first-order valence-corrected chi connectivity index (χ1v) is 1.78. The van der Waals surface area contributed by atoms with Crippen molar-refractivity contribution in [2.75, 3.05) is 6.54 Å². The lowest BCUT2D eigenvalue weighted by Gasteiger charge is -1.61. The van der Waals surface area contributed by atoms with Crippen LogP contribution < -0.4 is 5.73 Å². The molecule has 0 aromatic heterocycles. The fourth-order valence-electron chi connectivity index (χ4n) is 0. The average molecular weight is 99.1 g/mol. The molecule has 7 heavy (non-hydrogen) atoms. The molecule has 0 saturated heterocycles.